The first-order chi connectivity index (χ1) is 7.68. The highest BCUT2D eigenvalue weighted by atomic mass is 35.5. The third-order valence-electron chi connectivity index (χ3n) is 3.28. The smallest absolute Gasteiger partial charge is 0.0928 e. The Morgan fingerprint density at radius 2 is 2.19 bits per heavy atom. The molecular weight excluding hydrogens is 222 g/mol. The molecule has 0 bridgehead atoms. The minimum absolute atomic E-state index is 0.511. The second-order valence-electron chi connectivity index (χ2n) is 4.67. The minimum atomic E-state index is -0.511. The Bertz CT molecular complexity index is 356. The normalized spacial score (nSPS) is 25.4. The van der Waals surface area contributed by atoms with Crippen molar-refractivity contribution >= 4 is 11.6 Å². The zero-order valence-electron chi connectivity index (χ0n) is 9.49. The van der Waals surface area contributed by atoms with Crippen molar-refractivity contribution in [2.45, 2.75) is 19.4 Å². The van der Waals surface area contributed by atoms with E-state index in [1.54, 1.807) is 0 Å². The van der Waals surface area contributed by atoms with Crippen molar-refractivity contribution < 1.29 is 5.11 Å². The quantitative estimate of drug-likeness (QED) is 0.828. The molecule has 1 saturated carbocycles. The maximum Gasteiger partial charge on any atom is 0.0928 e. The number of aliphatic hydroxyl groups is 1. The van der Waals surface area contributed by atoms with E-state index < -0.39 is 6.10 Å². The fraction of sp³-hybridized carbons (Fsp3) is 0.538. The van der Waals surface area contributed by atoms with Gasteiger partial charge in [-0.25, -0.2) is 0 Å². The van der Waals surface area contributed by atoms with E-state index in [-0.39, 0.29) is 0 Å². The SMILES string of the molecule is CC1CC1CNCC(O)c1ccccc1Cl. The molecule has 2 nitrogen and oxygen atoms in total. The van der Waals surface area contributed by atoms with E-state index in [0.717, 1.165) is 23.9 Å². The molecule has 0 aliphatic heterocycles. The molecule has 3 unspecified atom stereocenters. The Morgan fingerprint density at radius 3 is 2.81 bits per heavy atom. The highest BCUT2D eigenvalue weighted by Gasteiger charge is 2.31. The molecule has 0 saturated heterocycles. The van der Waals surface area contributed by atoms with Crippen molar-refractivity contribution in [1.82, 2.24) is 5.32 Å². The lowest BCUT2D eigenvalue weighted by atomic mass is 10.1. The first-order valence-electron chi connectivity index (χ1n) is 5.81. The summed E-state index contributed by atoms with van der Waals surface area (Å²) in [6.45, 7) is 3.84. The van der Waals surface area contributed by atoms with E-state index in [4.69, 9.17) is 11.6 Å². The molecule has 88 valence electrons. The topological polar surface area (TPSA) is 32.3 Å². The van der Waals surface area contributed by atoms with Crippen molar-refractivity contribution in [1.29, 1.82) is 0 Å². The van der Waals surface area contributed by atoms with Gasteiger partial charge in [0.15, 0.2) is 0 Å². The number of benzene rings is 1. The van der Waals surface area contributed by atoms with E-state index in [1.165, 1.54) is 6.42 Å². The van der Waals surface area contributed by atoms with Gasteiger partial charge in [0.1, 0.15) is 0 Å². The Morgan fingerprint density at radius 1 is 1.50 bits per heavy atom. The van der Waals surface area contributed by atoms with Gasteiger partial charge >= 0.3 is 0 Å². The minimum Gasteiger partial charge on any atom is -0.387 e. The summed E-state index contributed by atoms with van der Waals surface area (Å²) in [4.78, 5) is 0. The summed E-state index contributed by atoms with van der Waals surface area (Å²) in [6, 6.07) is 7.45. The highest BCUT2D eigenvalue weighted by Crippen LogP contribution is 2.36. The molecule has 0 radical (unpaired) electrons. The van der Waals surface area contributed by atoms with Gasteiger partial charge < -0.3 is 10.4 Å². The Hall–Kier alpha value is -0.570. The maximum absolute atomic E-state index is 9.95. The molecular formula is C13H18ClNO. The van der Waals surface area contributed by atoms with Crippen LogP contribution in [-0.4, -0.2) is 18.2 Å². The zero-order chi connectivity index (χ0) is 11.5. The average Bonchev–Trinajstić information content (AvgIpc) is 2.95. The van der Waals surface area contributed by atoms with Crippen LogP contribution in [-0.2, 0) is 0 Å². The second kappa shape index (κ2) is 5.17. The molecule has 1 aliphatic carbocycles. The molecule has 1 aromatic rings. The predicted molar refractivity (Wildman–Crippen MR) is 66.6 cm³/mol. The number of halogens is 1. The third-order valence-corrected chi connectivity index (χ3v) is 3.63. The van der Waals surface area contributed by atoms with Crippen LogP contribution >= 0.6 is 11.6 Å². The molecule has 0 heterocycles. The molecule has 1 aromatic carbocycles. The molecule has 0 spiro atoms. The third kappa shape index (κ3) is 2.97. The van der Waals surface area contributed by atoms with Gasteiger partial charge in [-0.05, 0) is 30.9 Å². The molecule has 1 fully saturated rings. The number of rotatable bonds is 5. The Balaban J connectivity index is 1.79. The van der Waals surface area contributed by atoms with Gasteiger partial charge in [-0.15, -0.1) is 0 Å². The summed E-state index contributed by atoms with van der Waals surface area (Å²) < 4.78 is 0. The summed E-state index contributed by atoms with van der Waals surface area (Å²) in [5.74, 6) is 1.66. The van der Waals surface area contributed by atoms with Gasteiger partial charge in [0.25, 0.3) is 0 Å². The maximum atomic E-state index is 9.95. The Labute approximate surface area is 102 Å². The molecule has 0 amide bonds. The monoisotopic (exact) mass is 239 g/mol. The summed E-state index contributed by atoms with van der Waals surface area (Å²) in [5.41, 5.74) is 0.806. The van der Waals surface area contributed by atoms with Crippen LogP contribution in [0, 0.1) is 11.8 Å². The van der Waals surface area contributed by atoms with Crippen LogP contribution in [0.3, 0.4) is 0 Å². The van der Waals surface area contributed by atoms with Crippen molar-refractivity contribution in [3.8, 4) is 0 Å². The summed E-state index contributed by atoms with van der Waals surface area (Å²) >= 11 is 6.01. The molecule has 2 rings (SSSR count). The first-order valence-corrected chi connectivity index (χ1v) is 6.19. The predicted octanol–water partition coefficient (Wildman–Crippen LogP) is 2.62. The van der Waals surface area contributed by atoms with Crippen LogP contribution in [0.5, 0.6) is 0 Å². The molecule has 1 aliphatic rings. The van der Waals surface area contributed by atoms with Gasteiger partial charge in [0.2, 0.25) is 0 Å². The summed E-state index contributed by atoms with van der Waals surface area (Å²) in [6.07, 6.45) is 0.803. The number of aliphatic hydroxyl groups excluding tert-OH is 1. The van der Waals surface area contributed by atoms with Crippen LogP contribution in [0.15, 0.2) is 24.3 Å². The summed E-state index contributed by atoms with van der Waals surface area (Å²) in [5, 5.41) is 13.9. The lowest BCUT2D eigenvalue weighted by Crippen LogP contribution is -2.24. The Kier molecular flexibility index (Phi) is 3.85. The van der Waals surface area contributed by atoms with Crippen molar-refractivity contribution in [2.75, 3.05) is 13.1 Å². The van der Waals surface area contributed by atoms with Crippen LogP contribution < -0.4 is 5.32 Å². The fourth-order valence-electron chi connectivity index (χ4n) is 1.94. The molecule has 3 atom stereocenters. The lowest BCUT2D eigenvalue weighted by molar-refractivity contribution is 0.174. The van der Waals surface area contributed by atoms with Gasteiger partial charge in [-0.1, -0.05) is 36.7 Å². The molecule has 3 heteroatoms. The van der Waals surface area contributed by atoms with Crippen LogP contribution in [0.25, 0.3) is 0 Å². The van der Waals surface area contributed by atoms with E-state index in [2.05, 4.69) is 12.2 Å². The fourth-order valence-corrected chi connectivity index (χ4v) is 2.21. The van der Waals surface area contributed by atoms with Gasteiger partial charge in [-0.3, -0.25) is 0 Å². The largest absolute Gasteiger partial charge is 0.387 e. The van der Waals surface area contributed by atoms with E-state index in [1.807, 2.05) is 24.3 Å². The number of hydrogen-bond acceptors (Lipinski definition) is 2. The highest BCUT2D eigenvalue weighted by molar-refractivity contribution is 6.31. The van der Waals surface area contributed by atoms with E-state index in [0.29, 0.717) is 11.6 Å². The van der Waals surface area contributed by atoms with Crippen molar-refractivity contribution in [2.24, 2.45) is 11.8 Å². The van der Waals surface area contributed by atoms with E-state index >= 15 is 0 Å². The summed E-state index contributed by atoms with van der Waals surface area (Å²) in [7, 11) is 0. The van der Waals surface area contributed by atoms with Crippen LogP contribution in [0.4, 0.5) is 0 Å². The van der Waals surface area contributed by atoms with Crippen LogP contribution in [0.2, 0.25) is 5.02 Å². The van der Waals surface area contributed by atoms with E-state index in [9.17, 15) is 5.11 Å². The molecule has 0 aromatic heterocycles. The first kappa shape index (κ1) is 11.9. The average molecular weight is 240 g/mol. The number of hydrogen-bond donors (Lipinski definition) is 2. The van der Waals surface area contributed by atoms with Gasteiger partial charge in [0, 0.05) is 17.1 Å². The van der Waals surface area contributed by atoms with Crippen molar-refractivity contribution in [3.05, 3.63) is 34.9 Å². The zero-order valence-corrected chi connectivity index (χ0v) is 10.2. The van der Waals surface area contributed by atoms with Gasteiger partial charge in [-0.2, -0.15) is 0 Å². The van der Waals surface area contributed by atoms with Crippen molar-refractivity contribution in [3.63, 3.8) is 0 Å². The van der Waals surface area contributed by atoms with Gasteiger partial charge in [0.05, 0.1) is 6.10 Å². The lowest BCUT2D eigenvalue weighted by Gasteiger charge is -2.13. The standard InChI is InChI=1S/C13H18ClNO/c1-9-6-10(9)7-15-8-13(16)11-4-2-3-5-12(11)14/h2-5,9-10,13,15-16H,6-8H2,1H3. The molecule has 2 N–H and O–H groups in total. The number of nitrogens with one attached hydrogen (secondary N) is 1. The second-order valence-corrected chi connectivity index (χ2v) is 5.08. The van der Waals surface area contributed by atoms with Crippen LogP contribution in [0.1, 0.15) is 25.0 Å². The molecule has 16 heavy (non-hydrogen) atoms.